The number of halogens is 3. The first-order valence-corrected chi connectivity index (χ1v) is 9.52. The zero-order chi connectivity index (χ0) is 19.3. The lowest BCUT2D eigenvalue weighted by atomic mass is 10.1. The van der Waals surface area contributed by atoms with Crippen LogP contribution in [0.2, 0.25) is 0 Å². The summed E-state index contributed by atoms with van der Waals surface area (Å²) in [5.74, 6) is -0.738. The third-order valence-corrected chi connectivity index (χ3v) is 5.45. The highest BCUT2D eigenvalue weighted by atomic mass is 32.2. The highest BCUT2D eigenvalue weighted by Gasteiger charge is 2.34. The molecule has 142 valence electrons. The Labute approximate surface area is 146 Å². The van der Waals surface area contributed by atoms with E-state index in [0.717, 1.165) is 16.4 Å². The Morgan fingerprint density at radius 1 is 1.24 bits per heavy atom. The van der Waals surface area contributed by atoms with E-state index in [1.54, 1.807) is 6.92 Å². The maximum Gasteiger partial charge on any atom is 0.418 e. The van der Waals surface area contributed by atoms with Gasteiger partial charge in [-0.2, -0.15) is 17.5 Å². The van der Waals surface area contributed by atoms with Gasteiger partial charge in [0.15, 0.2) is 0 Å². The summed E-state index contributed by atoms with van der Waals surface area (Å²) in [6, 6.07) is 4.56. The summed E-state index contributed by atoms with van der Waals surface area (Å²) >= 11 is 0. The smallest absolute Gasteiger partial charge is 0.324 e. The molecule has 1 rings (SSSR count). The largest absolute Gasteiger partial charge is 0.418 e. The molecule has 1 aromatic rings. The fourth-order valence-corrected chi connectivity index (χ4v) is 3.84. The van der Waals surface area contributed by atoms with Crippen molar-refractivity contribution in [3.8, 4) is 0 Å². The molecule has 5 nitrogen and oxygen atoms in total. The molecule has 25 heavy (non-hydrogen) atoms. The first-order chi connectivity index (χ1) is 11.5. The number of carbonyl (C=O) groups excluding carboxylic acids is 1. The predicted octanol–water partition coefficient (Wildman–Crippen LogP) is 3.34. The van der Waals surface area contributed by atoms with Crippen LogP contribution in [0.4, 0.5) is 18.9 Å². The molecule has 0 aliphatic carbocycles. The van der Waals surface area contributed by atoms with Crippen LogP contribution in [-0.2, 0) is 21.0 Å². The molecule has 0 fully saturated rings. The average Bonchev–Trinajstić information content (AvgIpc) is 2.50. The second-order valence-corrected chi connectivity index (χ2v) is 8.10. The number of hydrogen-bond acceptors (Lipinski definition) is 3. The van der Waals surface area contributed by atoms with E-state index in [0.29, 0.717) is 6.42 Å². The van der Waals surface area contributed by atoms with Gasteiger partial charge in [-0.1, -0.05) is 32.9 Å². The van der Waals surface area contributed by atoms with E-state index in [9.17, 15) is 26.4 Å². The van der Waals surface area contributed by atoms with Gasteiger partial charge in [0.05, 0.1) is 23.5 Å². The first kappa shape index (κ1) is 21.4. The fraction of sp³-hybridized carbons (Fsp3) is 0.562. The molecule has 0 bridgehead atoms. The minimum Gasteiger partial charge on any atom is -0.324 e. The van der Waals surface area contributed by atoms with Crippen LogP contribution in [0.1, 0.15) is 32.8 Å². The summed E-state index contributed by atoms with van der Waals surface area (Å²) in [5.41, 5.74) is -1.37. The van der Waals surface area contributed by atoms with Gasteiger partial charge in [-0.15, -0.1) is 0 Å². The van der Waals surface area contributed by atoms with Crippen molar-refractivity contribution in [3.05, 3.63) is 29.8 Å². The van der Waals surface area contributed by atoms with Crippen LogP contribution in [-0.4, -0.2) is 37.5 Å². The highest BCUT2D eigenvalue weighted by molar-refractivity contribution is 7.89. The molecule has 0 heterocycles. The van der Waals surface area contributed by atoms with Crippen molar-refractivity contribution in [1.29, 1.82) is 0 Å². The van der Waals surface area contributed by atoms with Gasteiger partial charge >= 0.3 is 6.18 Å². The Bertz CT molecular complexity index is 688. The van der Waals surface area contributed by atoms with Gasteiger partial charge in [-0.3, -0.25) is 4.79 Å². The third kappa shape index (κ3) is 6.66. The molecule has 1 amide bonds. The fourth-order valence-electron chi connectivity index (χ4n) is 2.11. The Hall–Kier alpha value is -1.61. The summed E-state index contributed by atoms with van der Waals surface area (Å²) in [4.78, 5) is 12.1. The van der Waals surface area contributed by atoms with Gasteiger partial charge in [0.25, 0.3) is 0 Å². The van der Waals surface area contributed by atoms with Crippen LogP contribution >= 0.6 is 0 Å². The number of benzene rings is 1. The minimum atomic E-state index is -4.61. The number of rotatable bonds is 8. The van der Waals surface area contributed by atoms with Crippen molar-refractivity contribution >= 4 is 21.6 Å². The van der Waals surface area contributed by atoms with E-state index in [1.807, 2.05) is 13.8 Å². The quantitative estimate of drug-likeness (QED) is 0.752. The lowest BCUT2D eigenvalue weighted by Gasteiger charge is -2.21. The molecule has 0 atom stereocenters. The van der Waals surface area contributed by atoms with E-state index < -0.39 is 39.9 Å². The molecule has 0 aliphatic heterocycles. The first-order valence-electron chi connectivity index (χ1n) is 7.91. The standard InChI is InChI=1S/C16H23F3N2O3S/c1-4-21(25(23,24)10-9-12(2)3)11-15(22)20-14-8-6-5-7-13(14)16(17,18)19/h5-8,12H,4,9-11H2,1-3H3,(H,20,22). The summed E-state index contributed by atoms with van der Waals surface area (Å²) in [5, 5.41) is 2.15. The Balaban J connectivity index is 2.85. The molecule has 0 spiro atoms. The number of sulfonamides is 1. The van der Waals surface area contributed by atoms with E-state index in [4.69, 9.17) is 0 Å². The van der Waals surface area contributed by atoms with Crippen LogP contribution in [0.15, 0.2) is 24.3 Å². The van der Waals surface area contributed by atoms with Crippen LogP contribution in [0.25, 0.3) is 0 Å². The van der Waals surface area contributed by atoms with Gasteiger partial charge in [-0.05, 0) is 24.5 Å². The molecule has 0 radical (unpaired) electrons. The maximum atomic E-state index is 12.9. The second-order valence-electron chi connectivity index (χ2n) is 6.02. The molecule has 0 aliphatic rings. The monoisotopic (exact) mass is 380 g/mol. The lowest BCUT2D eigenvalue weighted by molar-refractivity contribution is -0.137. The van der Waals surface area contributed by atoms with E-state index in [-0.39, 0.29) is 18.2 Å². The molecule has 1 N–H and O–H groups in total. The van der Waals surface area contributed by atoms with Crippen LogP contribution in [0.5, 0.6) is 0 Å². The Kier molecular flexibility index (Phi) is 7.43. The lowest BCUT2D eigenvalue weighted by Crippen LogP contribution is -2.39. The van der Waals surface area contributed by atoms with Crippen molar-refractivity contribution in [2.45, 2.75) is 33.4 Å². The number of anilines is 1. The molecule has 0 saturated carbocycles. The zero-order valence-corrected chi connectivity index (χ0v) is 15.2. The van der Waals surface area contributed by atoms with Gasteiger partial charge in [0.1, 0.15) is 0 Å². The number of hydrogen-bond donors (Lipinski definition) is 1. The van der Waals surface area contributed by atoms with Crippen molar-refractivity contribution in [3.63, 3.8) is 0 Å². The van der Waals surface area contributed by atoms with Gasteiger partial charge < -0.3 is 5.32 Å². The van der Waals surface area contributed by atoms with Crippen LogP contribution in [0, 0.1) is 5.92 Å². The zero-order valence-electron chi connectivity index (χ0n) is 14.4. The van der Waals surface area contributed by atoms with Crippen LogP contribution < -0.4 is 5.32 Å². The van der Waals surface area contributed by atoms with E-state index in [2.05, 4.69) is 5.32 Å². The molecular weight excluding hydrogens is 357 g/mol. The normalized spacial score (nSPS) is 12.6. The number of amides is 1. The number of likely N-dealkylation sites (N-methyl/N-ethyl adjacent to an activating group) is 1. The van der Waals surface area contributed by atoms with Crippen molar-refractivity contribution in [2.75, 3.05) is 24.2 Å². The predicted molar refractivity (Wildman–Crippen MR) is 90.6 cm³/mol. The van der Waals surface area contributed by atoms with Crippen molar-refractivity contribution in [1.82, 2.24) is 4.31 Å². The second kappa shape index (κ2) is 8.66. The summed E-state index contributed by atoms with van der Waals surface area (Å²) < 4.78 is 64.3. The Morgan fingerprint density at radius 2 is 1.84 bits per heavy atom. The van der Waals surface area contributed by atoms with Crippen molar-refractivity contribution in [2.24, 2.45) is 5.92 Å². The van der Waals surface area contributed by atoms with Gasteiger partial charge in [0, 0.05) is 6.54 Å². The topological polar surface area (TPSA) is 66.5 Å². The number of nitrogens with zero attached hydrogens (tertiary/aromatic N) is 1. The highest BCUT2D eigenvalue weighted by Crippen LogP contribution is 2.34. The molecule has 0 aromatic heterocycles. The molecule has 0 unspecified atom stereocenters. The van der Waals surface area contributed by atoms with Gasteiger partial charge in [-0.25, -0.2) is 8.42 Å². The van der Waals surface area contributed by atoms with E-state index in [1.165, 1.54) is 12.1 Å². The number of para-hydroxylation sites is 1. The maximum absolute atomic E-state index is 12.9. The minimum absolute atomic E-state index is 0.0643. The molecule has 9 heteroatoms. The molecule has 1 aromatic carbocycles. The number of alkyl halides is 3. The van der Waals surface area contributed by atoms with Crippen LogP contribution in [0.3, 0.4) is 0 Å². The summed E-state index contributed by atoms with van der Waals surface area (Å²) in [7, 11) is -3.64. The Morgan fingerprint density at radius 3 is 2.36 bits per heavy atom. The SMILES string of the molecule is CCN(CC(=O)Nc1ccccc1C(F)(F)F)S(=O)(=O)CCC(C)C. The number of nitrogens with one attached hydrogen (secondary N) is 1. The number of carbonyl (C=O) groups is 1. The molecule has 0 saturated heterocycles. The summed E-state index contributed by atoms with van der Waals surface area (Å²) in [6.07, 6.45) is -4.17. The molecular formula is C16H23F3N2O3S. The van der Waals surface area contributed by atoms with Gasteiger partial charge in [0.2, 0.25) is 15.9 Å². The summed E-state index contributed by atoms with van der Waals surface area (Å²) in [6.45, 7) is 4.88. The average molecular weight is 380 g/mol. The van der Waals surface area contributed by atoms with Crippen molar-refractivity contribution < 1.29 is 26.4 Å². The third-order valence-electron chi connectivity index (χ3n) is 3.53. The van der Waals surface area contributed by atoms with E-state index >= 15 is 0 Å².